The number of hydrogen-bond donors (Lipinski definition) is 2. The van der Waals surface area contributed by atoms with Crippen LogP contribution in [0.2, 0.25) is 0 Å². The molecule has 3 aromatic rings. The molecule has 0 bridgehead atoms. The van der Waals surface area contributed by atoms with Crippen LogP contribution in [0.15, 0.2) is 54.6 Å². The average molecular weight is 547 g/mol. The van der Waals surface area contributed by atoms with Crippen molar-refractivity contribution < 1.29 is 19.4 Å². The van der Waals surface area contributed by atoms with Crippen LogP contribution in [-0.2, 0) is 4.74 Å². The number of phenols is 1. The molecule has 5 rings (SSSR count). The number of nitrogens with two attached hydrogens (primary N) is 1. The number of phenolic OH excluding ortho intramolecular Hbond substituents is 1. The number of aromatic nitrogens is 2. The monoisotopic (exact) mass is 546 g/mol. The summed E-state index contributed by atoms with van der Waals surface area (Å²) in [5, 5.41) is 18.4. The molecule has 0 spiro atoms. The van der Waals surface area contributed by atoms with Crippen molar-refractivity contribution in [1.29, 1.82) is 0 Å². The van der Waals surface area contributed by atoms with Gasteiger partial charge in [-0.25, -0.2) is 4.79 Å². The number of ether oxygens (including phenoxy) is 2. The third kappa shape index (κ3) is 6.50. The molecular formula is C30H38N6O4. The number of carbonyl (C=O) groups excluding carboxylic acids is 1. The SMILES string of the molecule is CC(C)(C)OC(=O)N1CCN(c2ccc(N3CCCC(Oc4cc(-c5ccccc5O)nnc4N)C3)cc2)CC1. The van der Waals surface area contributed by atoms with E-state index < -0.39 is 5.60 Å². The Hall–Kier alpha value is -4.21. The Balaban J connectivity index is 1.19. The molecule has 212 valence electrons. The van der Waals surface area contributed by atoms with Gasteiger partial charge in [-0.1, -0.05) is 12.1 Å². The van der Waals surface area contributed by atoms with Crippen molar-refractivity contribution in [1.82, 2.24) is 15.1 Å². The first-order chi connectivity index (χ1) is 19.2. The van der Waals surface area contributed by atoms with Gasteiger partial charge in [0.05, 0.1) is 6.54 Å². The number of para-hydroxylation sites is 1. The van der Waals surface area contributed by atoms with E-state index in [0.717, 1.165) is 50.4 Å². The highest BCUT2D eigenvalue weighted by Crippen LogP contribution is 2.32. The van der Waals surface area contributed by atoms with Crippen LogP contribution in [0.4, 0.5) is 22.0 Å². The highest BCUT2D eigenvalue weighted by Gasteiger charge is 2.27. The Morgan fingerprint density at radius 2 is 1.62 bits per heavy atom. The topological polar surface area (TPSA) is 117 Å². The Labute approximate surface area is 235 Å². The molecule has 10 heteroatoms. The van der Waals surface area contributed by atoms with Crippen LogP contribution >= 0.6 is 0 Å². The second kappa shape index (κ2) is 11.5. The maximum Gasteiger partial charge on any atom is 0.410 e. The molecule has 2 aliphatic rings. The van der Waals surface area contributed by atoms with E-state index in [2.05, 4.69) is 44.3 Å². The van der Waals surface area contributed by atoms with Gasteiger partial charge in [-0.3, -0.25) is 0 Å². The summed E-state index contributed by atoms with van der Waals surface area (Å²) in [4.78, 5) is 18.8. The first kappa shape index (κ1) is 27.4. The lowest BCUT2D eigenvalue weighted by atomic mass is 10.1. The van der Waals surface area contributed by atoms with Crippen molar-refractivity contribution in [2.24, 2.45) is 0 Å². The largest absolute Gasteiger partial charge is 0.507 e. The molecule has 2 aliphatic heterocycles. The summed E-state index contributed by atoms with van der Waals surface area (Å²) in [6.45, 7) is 10.1. The van der Waals surface area contributed by atoms with Crippen LogP contribution in [0.25, 0.3) is 11.3 Å². The molecule has 0 radical (unpaired) electrons. The lowest BCUT2D eigenvalue weighted by molar-refractivity contribution is 0.0240. The number of piperazine rings is 1. The number of benzene rings is 2. The molecule has 1 aromatic heterocycles. The van der Waals surface area contributed by atoms with E-state index >= 15 is 0 Å². The van der Waals surface area contributed by atoms with Crippen molar-refractivity contribution in [3.63, 3.8) is 0 Å². The van der Waals surface area contributed by atoms with E-state index in [0.29, 0.717) is 30.1 Å². The molecule has 2 saturated heterocycles. The van der Waals surface area contributed by atoms with Crippen LogP contribution in [-0.4, -0.2) is 77.3 Å². The van der Waals surface area contributed by atoms with Gasteiger partial charge >= 0.3 is 6.09 Å². The van der Waals surface area contributed by atoms with Gasteiger partial charge in [0.1, 0.15) is 23.1 Å². The summed E-state index contributed by atoms with van der Waals surface area (Å²) in [5.41, 5.74) is 8.99. The number of carbonyl (C=O) groups is 1. The maximum absolute atomic E-state index is 12.4. The van der Waals surface area contributed by atoms with Crippen LogP contribution < -0.4 is 20.3 Å². The molecule has 1 amide bonds. The number of nitrogens with zero attached hydrogens (tertiary/aromatic N) is 5. The van der Waals surface area contributed by atoms with Crippen LogP contribution in [0, 0.1) is 0 Å². The summed E-state index contributed by atoms with van der Waals surface area (Å²) in [7, 11) is 0. The third-order valence-corrected chi connectivity index (χ3v) is 7.15. The zero-order chi connectivity index (χ0) is 28.3. The van der Waals surface area contributed by atoms with Crippen molar-refractivity contribution in [2.45, 2.75) is 45.3 Å². The quantitative estimate of drug-likeness (QED) is 0.476. The Bertz CT molecular complexity index is 1320. The van der Waals surface area contributed by atoms with Crippen molar-refractivity contribution >= 4 is 23.3 Å². The number of aromatic hydroxyl groups is 1. The zero-order valence-electron chi connectivity index (χ0n) is 23.4. The van der Waals surface area contributed by atoms with Crippen molar-refractivity contribution in [3.05, 3.63) is 54.6 Å². The lowest BCUT2D eigenvalue weighted by Crippen LogP contribution is -2.50. The number of nitrogen functional groups attached to an aromatic ring is 1. The number of amides is 1. The van der Waals surface area contributed by atoms with Gasteiger partial charge in [-0.05, 0) is 70.0 Å². The van der Waals surface area contributed by atoms with Gasteiger partial charge in [0.25, 0.3) is 0 Å². The zero-order valence-corrected chi connectivity index (χ0v) is 23.4. The fourth-order valence-electron chi connectivity index (χ4n) is 5.10. The summed E-state index contributed by atoms with van der Waals surface area (Å²) >= 11 is 0. The molecule has 0 saturated carbocycles. The van der Waals surface area contributed by atoms with Crippen molar-refractivity contribution in [2.75, 3.05) is 54.8 Å². The summed E-state index contributed by atoms with van der Waals surface area (Å²) in [5.74, 6) is 0.832. The average Bonchev–Trinajstić information content (AvgIpc) is 2.94. The highest BCUT2D eigenvalue weighted by molar-refractivity contribution is 5.69. The Morgan fingerprint density at radius 3 is 2.30 bits per heavy atom. The molecule has 3 N–H and O–H groups in total. The van der Waals surface area contributed by atoms with Crippen LogP contribution in [0.5, 0.6) is 11.5 Å². The first-order valence-corrected chi connectivity index (χ1v) is 13.8. The predicted octanol–water partition coefficient (Wildman–Crippen LogP) is 4.54. The third-order valence-electron chi connectivity index (χ3n) is 7.15. The van der Waals surface area contributed by atoms with Gasteiger partial charge in [0.15, 0.2) is 11.6 Å². The minimum Gasteiger partial charge on any atom is -0.507 e. The first-order valence-electron chi connectivity index (χ1n) is 13.8. The van der Waals surface area contributed by atoms with E-state index in [1.54, 1.807) is 29.2 Å². The molecule has 10 nitrogen and oxygen atoms in total. The fourth-order valence-corrected chi connectivity index (χ4v) is 5.10. The van der Waals surface area contributed by atoms with Crippen LogP contribution in [0.3, 0.4) is 0 Å². The van der Waals surface area contributed by atoms with Gasteiger partial charge in [-0.15, -0.1) is 10.2 Å². The minimum atomic E-state index is -0.487. The minimum absolute atomic E-state index is 0.0573. The second-order valence-electron chi connectivity index (χ2n) is 11.3. The number of hydrogen-bond acceptors (Lipinski definition) is 9. The maximum atomic E-state index is 12.4. The molecule has 2 aromatic carbocycles. The molecule has 2 fully saturated rings. The van der Waals surface area contributed by atoms with Gasteiger partial charge in [0.2, 0.25) is 0 Å². The molecule has 3 heterocycles. The normalized spacial score (nSPS) is 18.0. The smallest absolute Gasteiger partial charge is 0.410 e. The molecule has 0 aliphatic carbocycles. The standard InChI is InChI=1S/C30H38N6O4/c1-30(2,3)40-29(38)35-17-15-34(16-18-35)21-10-12-22(13-11-21)36-14-6-7-23(20-36)39-27-19-25(32-33-28(27)31)24-8-4-5-9-26(24)37/h4-5,8-13,19,23,37H,6-7,14-18,20H2,1-3H3,(H2,31,33). The van der Waals surface area contributed by atoms with Crippen molar-refractivity contribution in [3.8, 4) is 22.8 Å². The summed E-state index contributed by atoms with van der Waals surface area (Å²) in [6, 6.07) is 17.3. The van der Waals surface area contributed by atoms with E-state index in [1.165, 1.54) is 0 Å². The molecule has 1 atom stereocenters. The van der Waals surface area contributed by atoms with E-state index in [9.17, 15) is 9.90 Å². The number of rotatable bonds is 5. The van der Waals surface area contributed by atoms with E-state index in [1.807, 2.05) is 26.8 Å². The predicted molar refractivity (Wildman–Crippen MR) is 156 cm³/mol. The lowest BCUT2D eigenvalue weighted by Gasteiger charge is -2.37. The second-order valence-corrected chi connectivity index (χ2v) is 11.3. The van der Waals surface area contributed by atoms with E-state index in [4.69, 9.17) is 15.2 Å². The molecular weight excluding hydrogens is 508 g/mol. The Kier molecular flexibility index (Phi) is 7.86. The van der Waals surface area contributed by atoms with Gasteiger partial charge in [0, 0.05) is 55.7 Å². The Morgan fingerprint density at radius 1 is 0.950 bits per heavy atom. The molecule has 40 heavy (non-hydrogen) atoms. The molecule has 1 unspecified atom stereocenters. The number of anilines is 3. The van der Waals surface area contributed by atoms with Crippen LogP contribution in [0.1, 0.15) is 33.6 Å². The highest BCUT2D eigenvalue weighted by atomic mass is 16.6. The summed E-state index contributed by atoms with van der Waals surface area (Å²) in [6.07, 6.45) is 1.59. The number of piperidine rings is 1. The van der Waals surface area contributed by atoms with E-state index in [-0.39, 0.29) is 23.8 Å². The van der Waals surface area contributed by atoms with Gasteiger partial charge in [-0.2, -0.15) is 0 Å². The summed E-state index contributed by atoms with van der Waals surface area (Å²) < 4.78 is 11.8. The van der Waals surface area contributed by atoms with Gasteiger partial charge < -0.3 is 35.0 Å². The fraction of sp³-hybridized carbons (Fsp3) is 0.433.